The number of rotatable bonds is 9. The van der Waals surface area contributed by atoms with Crippen LogP contribution >= 0.6 is 15.9 Å². The van der Waals surface area contributed by atoms with Crippen LogP contribution in [0, 0.1) is 0 Å². The highest BCUT2D eigenvalue weighted by atomic mass is 79.9. The lowest BCUT2D eigenvalue weighted by Gasteiger charge is -2.15. The van der Waals surface area contributed by atoms with Crippen LogP contribution in [0.3, 0.4) is 0 Å². The first kappa shape index (κ1) is 22.2. The molecular weight excluding hydrogens is 436 g/mol. The number of amides is 2. The van der Waals surface area contributed by atoms with Gasteiger partial charge in [-0.3, -0.25) is 9.59 Å². The minimum Gasteiger partial charge on any atom is -0.493 e. The van der Waals surface area contributed by atoms with Gasteiger partial charge in [0.2, 0.25) is 11.8 Å². The maximum atomic E-state index is 12.3. The van der Waals surface area contributed by atoms with Gasteiger partial charge in [0.15, 0.2) is 11.5 Å². The van der Waals surface area contributed by atoms with Crippen molar-refractivity contribution in [3.8, 4) is 11.5 Å². The number of hydrogen-bond acceptors (Lipinski definition) is 4. The van der Waals surface area contributed by atoms with Crippen LogP contribution < -0.4 is 14.8 Å². The van der Waals surface area contributed by atoms with Crippen molar-refractivity contribution in [3.63, 3.8) is 0 Å². The zero-order chi connectivity index (χ0) is 21.2. The predicted molar refractivity (Wildman–Crippen MR) is 118 cm³/mol. The Balaban J connectivity index is 1.96. The first-order chi connectivity index (χ1) is 13.9. The van der Waals surface area contributed by atoms with Gasteiger partial charge in [0.1, 0.15) is 6.61 Å². The van der Waals surface area contributed by atoms with Crippen molar-refractivity contribution in [2.75, 3.05) is 32.6 Å². The number of nitrogens with one attached hydrogen (secondary N) is 1. The molecule has 0 spiro atoms. The molecule has 0 atom stereocenters. The van der Waals surface area contributed by atoms with E-state index in [0.29, 0.717) is 23.8 Å². The first-order valence-electron chi connectivity index (χ1n) is 8.84. The molecule has 0 fully saturated rings. The van der Waals surface area contributed by atoms with E-state index in [0.717, 1.165) is 10.0 Å². The monoisotopic (exact) mass is 458 g/mol. The van der Waals surface area contributed by atoms with Gasteiger partial charge in [-0.05, 0) is 51.8 Å². The summed E-state index contributed by atoms with van der Waals surface area (Å²) in [6.45, 7) is 3.92. The summed E-state index contributed by atoms with van der Waals surface area (Å²) in [5, 5.41) is 2.77. The Morgan fingerprint density at radius 3 is 2.66 bits per heavy atom. The molecule has 2 amide bonds. The van der Waals surface area contributed by atoms with Gasteiger partial charge in [-0.1, -0.05) is 30.9 Å². The molecule has 0 radical (unpaired) electrons. The normalized spacial score (nSPS) is 10.4. The molecule has 0 bridgehead atoms. The lowest BCUT2D eigenvalue weighted by molar-refractivity contribution is -0.129. The quantitative estimate of drug-likeness (QED) is 0.452. The zero-order valence-corrected chi connectivity index (χ0v) is 17.9. The maximum Gasteiger partial charge on any atom is 0.246 e. The van der Waals surface area contributed by atoms with Crippen molar-refractivity contribution in [2.45, 2.75) is 0 Å². The Bertz CT molecular complexity index is 911. The molecule has 0 aliphatic carbocycles. The summed E-state index contributed by atoms with van der Waals surface area (Å²) in [4.78, 5) is 25.8. The lowest BCUT2D eigenvalue weighted by Crippen LogP contribution is -2.33. The number of benzene rings is 2. The van der Waals surface area contributed by atoms with E-state index < -0.39 is 0 Å². The second-order valence-electron chi connectivity index (χ2n) is 6.07. The predicted octanol–water partition coefficient (Wildman–Crippen LogP) is 4.13. The number of ether oxygens (including phenoxy) is 2. The van der Waals surface area contributed by atoms with Crippen LogP contribution in [-0.4, -0.2) is 44.0 Å². The van der Waals surface area contributed by atoms with Gasteiger partial charge in [-0.2, -0.15) is 0 Å². The Labute approximate surface area is 178 Å². The van der Waals surface area contributed by atoms with E-state index in [9.17, 15) is 9.59 Å². The van der Waals surface area contributed by atoms with E-state index in [1.807, 2.05) is 24.3 Å². The summed E-state index contributed by atoms with van der Waals surface area (Å²) in [5.41, 5.74) is 1.42. The standard InChI is InChI=1S/C22H23BrN2O4/c1-4-13-29-19-11-9-16(14-20(19)28-3)10-12-22(27)25(2)15-21(26)24-18-8-6-5-7-17(18)23/h4-12,14H,1,13,15H2,2-3H3,(H,24,26)/b12-10+. The zero-order valence-electron chi connectivity index (χ0n) is 16.4. The summed E-state index contributed by atoms with van der Waals surface area (Å²) in [5.74, 6) is 0.573. The second kappa shape index (κ2) is 11.1. The number of halogens is 1. The molecule has 0 aliphatic rings. The number of hydrogen-bond donors (Lipinski definition) is 1. The third-order valence-corrected chi connectivity index (χ3v) is 4.56. The van der Waals surface area contributed by atoms with Crippen LogP contribution in [0.25, 0.3) is 6.08 Å². The Morgan fingerprint density at radius 1 is 1.21 bits per heavy atom. The molecule has 7 heteroatoms. The fourth-order valence-corrected chi connectivity index (χ4v) is 2.78. The smallest absolute Gasteiger partial charge is 0.246 e. The van der Waals surface area contributed by atoms with E-state index in [4.69, 9.17) is 9.47 Å². The van der Waals surface area contributed by atoms with Gasteiger partial charge in [-0.25, -0.2) is 0 Å². The Kier molecular flexibility index (Phi) is 8.48. The molecule has 29 heavy (non-hydrogen) atoms. The summed E-state index contributed by atoms with van der Waals surface area (Å²) in [7, 11) is 3.12. The summed E-state index contributed by atoms with van der Waals surface area (Å²) in [6, 6.07) is 12.6. The van der Waals surface area contributed by atoms with E-state index in [-0.39, 0.29) is 18.4 Å². The van der Waals surface area contributed by atoms with Crippen LogP contribution in [-0.2, 0) is 9.59 Å². The Hall–Kier alpha value is -3.06. The van der Waals surface area contributed by atoms with E-state index in [1.165, 1.54) is 11.0 Å². The molecule has 152 valence electrons. The van der Waals surface area contributed by atoms with E-state index in [2.05, 4.69) is 27.8 Å². The summed E-state index contributed by atoms with van der Waals surface area (Å²) in [6.07, 6.45) is 4.71. The third-order valence-electron chi connectivity index (χ3n) is 3.87. The summed E-state index contributed by atoms with van der Waals surface area (Å²) < 4.78 is 11.6. The first-order valence-corrected chi connectivity index (χ1v) is 9.63. The van der Waals surface area contributed by atoms with Gasteiger partial charge in [0, 0.05) is 17.6 Å². The molecule has 0 heterocycles. The molecular formula is C22H23BrN2O4. The average Bonchev–Trinajstić information content (AvgIpc) is 2.72. The topological polar surface area (TPSA) is 67.9 Å². The van der Waals surface area contributed by atoms with Crippen LogP contribution in [0.4, 0.5) is 5.69 Å². The number of carbonyl (C=O) groups is 2. The third kappa shape index (κ3) is 6.80. The van der Waals surface area contributed by atoms with Crippen molar-refractivity contribution in [2.24, 2.45) is 0 Å². The van der Waals surface area contributed by atoms with Gasteiger partial charge in [0.25, 0.3) is 0 Å². The van der Waals surface area contributed by atoms with Gasteiger partial charge in [-0.15, -0.1) is 0 Å². The number of methoxy groups -OCH3 is 1. The minimum atomic E-state index is -0.293. The molecule has 0 aliphatic heterocycles. The van der Waals surface area contributed by atoms with Crippen molar-refractivity contribution < 1.29 is 19.1 Å². The van der Waals surface area contributed by atoms with Crippen molar-refractivity contribution in [3.05, 3.63) is 71.2 Å². The number of likely N-dealkylation sites (N-methyl/N-ethyl adjacent to an activating group) is 1. The molecule has 2 aromatic carbocycles. The van der Waals surface area contributed by atoms with Gasteiger partial charge >= 0.3 is 0 Å². The second-order valence-corrected chi connectivity index (χ2v) is 6.92. The fraction of sp³-hybridized carbons (Fsp3) is 0.182. The van der Waals surface area contributed by atoms with Crippen LogP contribution in [0.1, 0.15) is 5.56 Å². The number of para-hydroxylation sites is 1. The highest BCUT2D eigenvalue weighted by Crippen LogP contribution is 2.28. The SMILES string of the molecule is C=CCOc1ccc(/C=C/C(=O)N(C)CC(=O)Nc2ccccc2Br)cc1OC. The van der Waals surface area contributed by atoms with Crippen LogP contribution in [0.15, 0.2) is 65.7 Å². The fourth-order valence-electron chi connectivity index (χ4n) is 2.40. The largest absolute Gasteiger partial charge is 0.493 e. The molecule has 1 N–H and O–H groups in total. The maximum absolute atomic E-state index is 12.3. The van der Waals surface area contributed by atoms with E-state index in [1.54, 1.807) is 44.5 Å². The molecule has 0 aromatic heterocycles. The van der Waals surface area contributed by atoms with Crippen LogP contribution in [0.5, 0.6) is 11.5 Å². The van der Waals surface area contributed by atoms with Gasteiger partial charge < -0.3 is 19.7 Å². The van der Waals surface area contributed by atoms with Crippen LogP contribution in [0.2, 0.25) is 0 Å². The van der Waals surface area contributed by atoms with Crippen molar-refractivity contribution in [1.82, 2.24) is 4.90 Å². The Morgan fingerprint density at radius 2 is 1.97 bits per heavy atom. The molecule has 2 rings (SSSR count). The number of nitrogens with zero attached hydrogens (tertiary/aromatic N) is 1. The highest BCUT2D eigenvalue weighted by molar-refractivity contribution is 9.10. The van der Waals surface area contributed by atoms with Gasteiger partial charge in [0.05, 0.1) is 19.3 Å². The molecule has 0 saturated heterocycles. The van der Waals surface area contributed by atoms with E-state index >= 15 is 0 Å². The van der Waals surface area contributed by atoms with Crippen molar-refractivity contribution in [1.29, 1.82) is 0 Å². The molecule has 6 nitrogen and oxygen atoms in total. The molecule has 0 unspecified atom stereocenters. The number of anilines is 1. The number of carbonyl (C=O) groups excluding carboxylic acids is 2. The molecule has 0 saturated carbocycles. The molecule has 2 aromatic rings. The average molecular weight is 459 g/mol. The highest BCUT2D eigenvalue weighted by Gasteiger charge is 2.12. The summed E-state index contributed by atoms with van der Waals surface area (Å²) >= 11 is 3.37. The van der Waals surface area contributed by atoms with Crippen molar-refractivity contribution >= 4 is 39.5 Å². The minimum absolute atomic E-state index is 0.0673. The lowest BCUT2D eigenvalue weighted by atomic mass is 10.2.